The summed E-state index contributed by atoms with van der Waals surface area (Å²) >= 11 is 0. The Morgan fingerprint density at radius 3 is 2.62 bits per heavy atom. The highest BCUT2D eigenvalue weighted by molar-refractivity contribution is 6.24. The molecule has 0 unspecified atom stereocenters. The molecule has 4 heteroatoms. The molecular weight excluding hydrogens is 264 g/mol. The highest BCUT2D eigenvalue weighted by Gasteiger charge is 2.25. The van der Waals surface area contributed by atoms with Gasteiger partial charge in [-0.25, -0.2) is 0 Å². The summed E-state index contributed by atoms with van der Waals surface area (Å²) in [4.78, 5) is 28.6. The predicted molar refractivity (Wildman–Crippen MR) is 79.0 cm³/mol. The average molecular weight is 278 g/mol. The molecule has 104 valence electrons. The molecule has 4 nitrogen and oxygen atoms in total. The number of rotatable bonds is 3. The van der Waals surface area contributed by atoms with Crippen molar-refractivity contribution in [3.05, 3.63) is 76.8 Å². The lowest BCUT2D eigenvalue weighted by atomic mass is 9.93. The van der Waals surface area contributed by atoms with E-state index in [4.69, 9.17) is 0 Å². The number of Topliss-reactive ketones (excluding diaryl/α,β-unsaturated/α-hetero) is 1. The number of carbonyl (C=O) groups excluding carboxylic acids is 2. The van der Waals surface area contributed by atoms with Gasteiger partial charge in [0.25, 0.3) is 0 Å². The van der Waals surface area contributed by atoms with E-state index in [0.29, 0.717) is 23.4 Å². The van der Waals surface area contributed by atoms with Crippen LogP contribution in [0.15, 0.2) is 54.4 Å². The standard InChI is InChI=1S/C17H14N2O2/c1-11-7-13-14(10-18-11)17(21)15(8-16(13)20)19-9-12-5-3-2-4-6-12/h2-8,10,19H,9H2,1H3. The molecule has 0 atom stereocenters. The number of carbonyl (C=O) groups is 2. The maximum atomic E-state index is 12.4. The van der Waals surface area contributed by atoms with Gasteiger partial charge >= 0.3 is 0 Å². The minimum absolute atomic E-state index is 0.161. The van der Waals surface area contributed by atoms with E-state index in [2.05, 4.69) is 10.3 Å². The van der Waals surface area contributed by atoms with E-state index in [-0.39, 0.29) is 11.6 Å². The molecule has 1 N–H and O–H groups in total. The quantitative estimate of drug-likeness (QED) is 0.937. The molecule has 21 heavy (non-hydrogen) atoms. The zero-order valence-corrected chi connectivity index (χ0v) is 11.6. The molecule has 0 bridgehead atoms. The summed E-state index contributed by atoms with van der Waals surface area (Å²) in [6.07, 6.45) is 2.84. The Kier molecular flexibility index (Phi) is 3.36. The largest absolute Gasteiger partial charge is 0.378 e. The molecule has 1 heterocycles. The van der Waals surface area contributed by atoms with Gasteiger partial charge in [-0.15, -0.1) is 0 Å². The lowest BCUT2D eigenvalue weighted by Gasteiger charge is -2.16. The van der Waals surface area contributed by atoms with Crippen LogP contribution >= 0.6 is 0 Å². The van der Waals surface area contributed by atoms with Crippen molar-refractivity contribution in [1.29, 1.82) is 0 Å². The maximum absolute atomic E-state index is 12.4. The van der Waals surface area contributed by atoms with Gasteiger partial charge in [-0.3, -0.25) is 14.6 Å². The van der Waals surface area contributed by atoms with E-state index < -0.39 is 0 Å². The molecule has 1 aromatic carbocycles. The van der Waals surface area contributed by atoms with E-state index in [1.165, 1.54) is 12.3 Å². The Bertz CT molecular complexity index is 749. The second-order valence-corrected chi connectivity index (χ2v) is 4.96. The van der Waals surface area contributed by atoms with Crippen molar-refractivity contribution < 1.29 is 9.59 Å². The van der Waals surface area contributed by atoms with Gasteiger partial charge in [-0.1, -0.05) is 30.3 Å². The third-order valence-electron chi connectivity index (χ3n) is 3.40. The first-order chi connectivity index (χ1) is 10.1. The van der Waals surface area contributed by atoms with E-state index in [9.17, 15) is 9.59 Å². The van der Waals surface area contributed by atoms with Crippen molar-refractivity contribution in [3.63, 3.8) is 0 Å². The van der Waals surface area contributed by atoms with Crippen LogP contribution in [0, 0.1) is 6.92 Å². The van der Waals surface area contributed by atoms with Crippen LogP contribution in [-0.4, -0.2) is 16.6 Å². The molecule has 3 rings (SSSR count). The van der Waals surface area contributed by atoms with E-state index >= 15 is 0 Å². The number of allylic oxidation sites excluding steroid dienone is 2. The fourth-order valence-electron chi connectivity index (χ4n) is 2.29. The highest BCUT2D eigenvalue weighted by Crippen LogP contribution is 2.20. The van der Waals surface area contributed by atoms with Gasteiger partial charge in [-0.2, -0.15) is 0 Å². The molecule has 0 aliphatic heterocycles. The first-order valence-corrected chi connectivity index (χ1v) is 6.70. The highest BCUT2D eigenvalue weighted by atomic mass is 16.1. The Morgan fingerprint density at radius 2 is 1.86 bits per heavy atom. The summed E-state index contributed by atoms with van der Waals surface area (Å²) in [6, 6.07) is 11.4. The lowest BCUT2D eigenvalue weighted by molar-refractivity contribution is 0.0977. The third-order valence-corrected chi connectivity index (χ3v) is 3.40. The monoisotopic (exact) mass is 278 g/mol. The van der Waals surface area contributed by atoms with Crippen LogP contribution < -0.4 is 5.32 Å². The summed E-state index contributed by atoms with van der Waals surface area (Å²) in [7, 11) is 0. The number of hydrogen-bond donors (Lipinski definition) is 1. The number of hydrogen-bond acceptors (Lipinski definition) is 4. The molecule has 1 aromatic heterocycles. The molecule has 0 amide bonds. The van der Waals surface area contributed by atoms with Gasteiger partial charge in [0.2, 0.25) is 5.78 Å². The number of fused-ring (bicyclic) bond motifs is 1. The Balaban J connectivity index is 1.84. The molecule has 0 saturated heterocycles. The molecule has 0 saturated carbocycles. The number of aromatic nitrogens is 1. The SMILES string of the molecule is Cc1cc2c(cn1)C(=O)C(NCc1ccccc1)=CC2=O. The van der Waals surface area contributed by atoms with Gasteiger partial charge in [-0.05, 0) is 18.6 Å². The van der Waals surface area contributed by atoms with Gasteiger partial charge < -0.3 is 5.32 Å². The molecule has 0 radical (unpaired) electrons. The fraction of sp³-hybridized carbons (Fsp3) is 0.118. The van der Waals surface area contributed by atoms with Crippen LogP contribution in [-0.2, 0) is 6.54 Å². The summed E-state index contributed by atoms with van der Waals surface area (Å²) in [5, 5.41) is 3.04. The van der Waals surface area contributed by atoms with E-state index in [0.717, 1.165) is 11.3 Å². The molecular formula is C17H14N2O2. The Morgan fingerprint density at radius 1 is 1.10 bits per heavy atom. The second kappa shape index (κ2) is 5.32. The zero-order chi connectivity index (χ0) is 14.8. The van der Waals surface area contributed by atoms with Gasteiger partial charge in [0.15, 0.2) is 5.78 Å². The predicted octanol–water partition coefficient (Wildman–Crippen LogP) is 2.44. The Hall–Kier alpha value is -2.75. The summed E-state index contributed by atoms with van der Waals surface area (Å²) < 4.78 is 0. The third kappa shape index (κ3) is 2.60. The number of pyridine rings is 1. The van der Waals surface area contributed by atoms with Crippen LogP contribution in [0.4, 0.5) is 0 Å². The number of aryl methyl sites for hydroxylation is 1. The molecule has 1 aliphatic carbocycles. The summed E-state index contributed by atoms with van der Waals surface area (Å²) in [5.41, 5.74) is 2.89. The van der Waals surface area contributed by atoms with Crippen molar-refractivity contribution in [1.82, 2.24) is 10.3 Å². The van der Waals surface area contributed by atoms with Crippen molar-refractivity contribution in [2.75, 3.05) is 0 Å². The Labute approximate surface area is 122 Å². The van der Waals surface area contributed by atoms with Gasteiger partial charge in [0.1, 0.15) is 0 Å². The molecule has 0 spiro atoms. The zero-order valence-electron chi connectivity index (χ0n) is 11.6. The van der Waals surface area contributed by atoms with Crippen molar-refractivity contribution in [3.8, 4) is 0 Å². The van der Waals surface area contributed by atoms with Crippen LogP contribution in [0.25, 0.3) is 0 Å². The maximum Gasteiger partial charge on any atom is 0.211 e. The smallest absolute Gasteiger partial charge is 0.211 e. The fourth-order valence-corrected chi connectivity index (χ4v) is 2.29. The van der Waals surface area contributed by atoms with Crippen molar-refractivity contribution >= 4 is 11.6 Å². The number of ketones is 2. The minimum Gasteiger partial charge on any atom is -0.378 e. The summed E-state index contributed by atoms with van der Waals surface area (Å²) in [6.45, 7) is 2.30. The van der Waals surface area contributed by atoms with Crippen molar-refractivity contribution in [2.24, 2.45) is 0 Å². The molecule has 1 aliphatic rings. The van der Waals surface area contributed by atoms with Crippen LogP contribution in [0.1, 0.15) is 32.0 Å². The van der Waals surface area contributed by atoms with Crippen molar-refractivity contribution in [2.45, 2.75) is 13.5 Å². The lowest BCUT2D eigenvalue weighted by Crippen LogP contribution is -2.26. The van der Waals surface area contributed by atoms with Gasteiger partial charge in [0.05, 0.1) is 11.3 Å². The summed E-state index contributed by atoms with van der Waals surface area (Å²) in [5.74, 6) is -0.348. The first kappa shape index (κ1) is 13.2. The minimum atomic E-state index is -0.187. The van der Waals surface area contributed by atoms with E-state index in [1.807, 2.05) is 30.3 Å². The first-order valence-electron chi connectivity index (χ1n) is 6.70. The number of nitrogens with zero attached hydrogens (tertiary/aromatic N) is 1. The molecule has 0 fully saturated rings. The van der Waals surface area contributed by atoms with Crippen LogP contribution in [0.5, 0.6) is 0 Å². The van der Waals surface area contributed by atoms with Crippen LogP contribution in [0.2, 0.25) is 0 Å². The normalized spacial score (nSPS) is 13.7. The van der Waals surface area contributed by atoms with Gasteiger partial charge in [0, 0.05) is 30.1 Å². The molecule has 2 aromatic rings. The number of benzene rings is 1. The number of nitrogens with one attached hydrogen (secondary N) is 1. The topological polar surface area (TPSA) is 59.1 Å². The second-order valence-electron chi connectivity index (χ2n) is 4.96. The average Bonchev–Trinajstić information content (AvgIpc) is 2.50. The van der Waals surface area contributed by atoms with E-state index in [1.54, 1.807) is 13.0 Å². The van der Waals surface area contributed by atoms with Crippen LogP contribution in [0.3, 0.4) is 0 Å².